The highest BCUT2D eigenvalue weighted by molar-refractivity contribution is 9.10. The SMILES string of the molecule is CSC1C(=O)Nc2c(-c3ccccc3)cc(Br)cc21. The van der Waals surface area contributed by atoms with Gasteiger partial charge in [0.05, 0.1) is 5.69 Å². The molecule has 96 valence electrons. The third-order valence-electron chi connectivity index (χ3n) is 3.22. The lowest BCUT2D eigenvalue weighted by atomic mass is 10.0. The average Bonchev–Trinajstić information content (AvgIpc) is 2.74. The van der Waals surface area contributed by atoms with Gasteiger partial charge in [-0.25, -0.2) is 0 Å². The van der Waals surface area contributed by atoms with Crippen molar-refractivity contribution in [2.45, 2.75) is 5.25 Å². The first-order valence-corrected chi connectivity index (χ1v) is 8.01. The summed E-state index contributed by atoms with van der Waals surface area (Å²) < 4.78 is 1.00. The fraction of sp³-hybridized carbons (Fsp3) is 0.133. The molecule has 2 aromatic rings. The van der Waals surface area contributed by atoms with Crippen molar-refractivity contribution in [2.75, 3.05) is 11.6 Å². The Morgan fingerprint density at radius 2 is 1.95 bits per heavy atom. The molecule has 0 saturated heterocycles. The molecule has 2 nitrogen and oxygen atoms in total. The minimum Gasteiger partial charge on any atom is -0.324 e. The summed E-state index contributed by atoms with van der Waals surface area (Å²) >= 11 is 5.10. The Kier molecular flexibility index (Phi) is 3.37. The van der Waals surface area contributed by atoms with Gasteiger partial charge in [0.2, 0.25) is 5.91 Å². The Bertz CT molecular complexity index is 642. The number of thioether (sulfide) groups is 1. The van der Waals surface area contributed by atoms with E-state index in [4.69, 9.17) is 0 Å². The maximum atomic E-state index is 12.0. The molecule has 1 atom stereocenters. The zero-order valence-corrected chi connectivity index (χ0v) is 12.7. The van der Waals surface area contributed by atoms with E-state index in [1.807, 2.05) is 30.5 Å². The molecule has 0 spiro atoms. The van der Waals surface area contributed by atoms with E-state index >= 15 is 0 Å². The van der Waals surface area contributed by atoms with E-state index in [0.717, 1.165) is 26.9 Å². The van der Waals surface area contributed by atoms with Gasteiger partial charge in [-0.2, -0.15) is 0 Å². The second kappa shape index (κ2) is 5.02. The normalized spacial score (nSPS) is 17.2. The average molecular weight is 334 g/mol. The fourth-order valence-electron chi connectivity index (χ4n) is 2.38. The highest BCUT2D eigenvalue weighted by atomic mass is 79.9. The van der Waals surface area contributed by atoms with Crippen molar-refractivity contribution in [3.05, 3.63) is 52.5 Å². The summed E-state index contributed by atoms with van der Waals surface area (Å²) in [6.07, 6.45) is 1.96. The Labute approximate surface area is 124 Å². The molecule has 0 aliphatic carbocycles. The molecule has 1 N–H and O–H groups in total. The predicted octanol–water partition coefficient (Wildman–Crippen LogP) is 4.47. The second-order valence-corrected chi connectivity index (χ2v) is 6.25. The van der Waals surface area contributed by atoms with E-state index in [1.165, 1.54) is 0 Å². The number of benzene rings is 2. The fourth-order valence-corrected chi connectivity index (χ4v) is 3.57. The number of amides is 1. The first kappa shape index (κ1) is 12.8. The van der Waals surface area contributed by atoms with Crippen LogP contribution in [0.25, 0.3) is 11.1 Å². The zero-order chi connectivity index (χ0) is 13.4. The van der Waals surface area contributed by atoms with Crippen LogP contribution in [0.1, 0.15) is 10.8 Å². The molecule has 0 fully saturated rings. The topological polar surface area (TPSA) is 29.1 Å². The summed E-state index contributed by atoms with van der Waals surface area (Å²) in [7, 11) is 0. The molecule has 1 aliphatic heterocycles. The minimum absolute atomic E-state index is 0.0674. The van der Waals surface area contributed by atoms with Crippen molar-refractivity contribution in [1.29, 1.82) is 0 Å². The standard InChI is InChI=1S/C15H12BrNOS/c1-19-14-12-8-10(16)7-11(13(12)17-15(14)18)9-5-3-2-4-6-9/h2-8,14H,1H3,(H,17,18). The predicted molar refractivity (Wildman–Crippen MR) is 84.5 cm³/mol. The first-order valence-electron chi connectivity index (χ1n) is 5.93. The van der Waals surface area contributed by atoms with E-state index in [-0.39, 0.29) is 11.2 Å². The molecular weight excluding hydrogens is 322 g/mol. The Morgan fingerprint density at radius 3 is 2.63 bits per heavy atom. The zero-order valence-electron chi connectivity index (χ0n) is 10.3. The van der Waals surface area contributed by atoms with Crippen molar-refractivity contribution in [2.24, 2.45) is 0 Å². The van der Waals surface area contributed by atoms with Crippen LogP contribution < -0.4 is 5.32 Å². The summed E-state index contributed by atoms with van der Waals surface area (Å²) in [5.74, 6) is 0.0674. The minimum atomic E-state index is -0.116. The van der Waals surface area contributed by atoms with E-state index in [9.17, 15) is 4.79 Å². The summed E-state index contributed by atoms with van der Waals surface area (Å²) in [5, 5.41) is 2.90. The van der Waals surface area contributed by atoms with Crippen molar-refractivity contribution in [1.82, 2.24) is 0 Å². The van der Waals surface area contributed by atoms with Gasteiger partial charge in [0.1, 0.15) is 5.25 Å². The molecular formula is C15H12BrNOS. The third-order valence-corrected chi connectivity index (χ3v) is 4.62. The van der Waals surface area contributed by atoms with Crippen molar-refractivity contribution < 1.29 is 4.79 Å². The molecule has 0 saturated carbocycles. The van der Waals surface area contributed by atoms with E-state index < -0.39 is 0 Å². The summed E-state index contributed by atoms with van der Waals surface area (Å²) in [5.41, 5.74) is 4.18. The molecule has 0 radical (unpaired) electrons. The maximum Gasteiger partial charge on any atom is 0.242 e. The Morgan fingerprint density at radius 1 is 1.21 bits per heavy atom. The van der Waals surface area contributed by atoms with Gasteiger partial charge in [0.25, 0.3) is 0 Å². The second-order valence-electron chi connectivity index (χ2n) is 4.39. The highest BCUT2D eigenvalue weighted by Crippen LogP contribution is 2.45. The Hall–Kier alpha value is -1.26. The molecule has 2 aromatic carbocycles. The molecule has 1 heterocycles. The van der Waals surface area contributed by atoms with Crippen molar-refractivity contribution in [3.63, 3.8) is 0 Å². The largest absolute Gasteiger partial charge is 0.324 e. The lowest BCUT2D eigenvalue weighted by molar-refractivity contribution is -0.115. The van der Waals surface area contributed by atoms with Gasteiger partial charge in [-0.15, -0.1) is 11.8 Å². The molecule has 1 aliphatic rings. The van der Waals surface area contributed by atoms with Gasteiger partial charge in [-0.3, -0.25) is 4.79 Å². The van der Waals surface area contributed by atoms with Crippen LogP contribution in [-0.4, -0.2) is 12.2 Å². The summed E-state index contributed by atoms with van der Waals surface area (Å²) in [6, 6.07) is 14.2. The van der Waals surface area contributed by atoms with Crippen LogP contribution in [0.4, 0.5) is 5.69 Å². The van der Waals surface area contributed by atoms with Crippen LogP contribution in [0.3, 0.4) is 0 Å². The summed E-state index contributed by atoms with van der Waals surface area (Å²) in [4.78, 5) is 12.0. The maximum absolute atomic E-state index is 12.0. The van der Waals surface area contributed by atoms with Crippen LogP contribution in [-0.2, 0) is 4.79 Å². The number of hydrogen-bond acceptors (Lipinski definition) is 2. The van der Waals surface area contributed by atoms with E-state index in [1.54, 1.807) is 11.8 Å². The highest BCUT2D eigenvalue weighted by Gasteiger charge is 2.32. The summed E-state index contributed by atoms with van der Waals surface area (Å²) in [6.45, 7) is 0. The number of carbonyl (C=O) groups is 1. The van der Waals surface area contributed by atoms with Crippen LogP contribution >= 0.6 is 27.7 Å². The smallest absolute Gasteiger partial charge is 0.242 e. The number of anilines is 1. The van der Waals surface area contributed by atoms with Gasteiger partial charge in [0, 0.05) is 10.0 Å². The number of halogens is 1. The third kappa shape index (κ3) is 2.19. The molecule has 1 unspecified atom stereocenters. The van der Waals surface area contributed by atoms with Crippen LogP contribution in [0.2, 0.25) is 0 Å². The molecule has 0 aromatic heterocycles. The van der Waals surface area contributed by atoms with E-state index in [2.05, 4.69) is 39.4 Å². The molecule has 1 amide bonds. The first-order chi connectivity index (χ1) is 9.20. The number of hydrogen-bond donors (Lipinski definition) is 1. The van der Waals surface area contributed by atoms with Gasteiger partial charge >= 0.3 is 0 Å². The van der Waals surface area contributed by atoms with Gasteiger partial charge < -0.3 is 5.32 Å². The monoisotopic (exact) mass is 333 g/mol. The van der Waals surface area contributed by atoms with Gasteiger partial charge in [0.15, 0.2) is 0 Å². The lowest BCUT2D eigenvalue weighted by Crippen LogP contribution is -2.08. The van der Waals surface area contributed by atoms with Crippen LogP contribution in [0, 0.1) is 0 Å². The Balaban J connectivity index is 2.21. The molecule has 0 bridgehead atoms. The van der Waals surface area contributed by atoms with Crippen LogP contribution in [0.15, 0.2) is 46.9 Å². The molecule has 4 heteroatoms. The van der Waals surface area contributed by atoms with Gasteiger partial charge in [-0.05, 0) is 29.5 Å². The molecule has 3 rings (SSSR count). The number of fused-ring (bicyclic) bond motifs is 1. The molecule has 19 heavy (non-hydrogen) atoms. The number of nitrogens with one attached hydrogen (secondary N) is 1. The van der Waals surface area contributed by atoms with Crippen molar-refractivity contribution in [3.8, 4) is 11.1 Å². The lowest BCUT2D eigenvalue weighted by Gasteiger charge is -2.10. The van der Waals surface area contributed by atoms with E-state index in [0.29, 0.717) is 0 Å². The quantitative estimate of drug-likeness (QED) is 0.878. The van der Waals surface area contributed by atoms with Gasteiger partial charge in [-0.1, -0.05) is 46.3 Å². The van der Waals surface area contributed by atoms with Crippen LogP contribution in [0.5, 0.6) is 0 Å². The number of carbonyl (C=O) groups excluding carboxylic acids is 1. The van der Waals surface area contributed by atoms with Crippen molar-refractivity contribution >= 4 is 39.3 Å². The number of rotatable bonds is 2.